The molecule has 0 saturated heterocycles. The minimum absolute atomic E-state index is 0. The molecule has 0 aliphatic heterocycles. The van der Waals surface area contributed by atoms with E-state index in [9.17, 15) is 10.1 Å². The van der Waals surface area contributed by atoms with Crippen molar-refractivity contribution >= 4 is 29.7 Å². The molecule has 0 unspecified atom stereocenters. The Kier molecular flexibility index (Phi) is 4.83. The van der Waals surface area contributed by atoms with Gasteiger partial charge in [-0.1, -0.05) is 11.6 Å². The van der Waals surface area contributed by atoms with E-state index in [1.54, 1.807) is 6.92 Å². The number of nitrogens with two attached hydrogens (primary N) is 1. The lowest BCUT2D eigenvalue weighted by atomic mass is 10.1. The van der Waals surface area contributed by atoms with Gasteiger partial charge >= 0.3 is 0 Å². The van der Waals surface area contributed by atoms with Crippen LogP contribution >= 0.6 is 24.0 Å². The molecule has 0 fully saturated rings. The summed E-state index contributed by atoms with van der Waals surface area (Å²) < 4.78 is 0. The number of nitro groups is 1. The molecule has 0 heterocycles. The van der Waals surface area contributed by atoms with Crippen molar-refractivity contribution in [3.8, 4) is 0 Å². The van der Waals surface area contributed by atoms with Crippen LogP contribution in [0.2, 0.25) is 5.02 Å². The molecule has 4 nitrogen and oxygen atoms in total. The molecule has 0 amide bonds. The smallest absolute Gasteiger partial charge is 0.274 e. The van der Waals surface area contributed by atoms with Gasteiger partial charge in [0.05, 0.1) is 4.92 Å². The van der Waals surface area contributed by atoms with Crippen molar-refractivity contribution in [1.29, 1.82) is 0 Å². The maximum Gasteiger partial charge on any atom is 0.274 e. The highest BCUT2D eigenvalue weighted by molar-refractivity contribution is 6.30. The Labute approximate surface area is 92.6 Å². The molecule has 0 aliphatic carbocycles. The van der Waals surface area contributed by atoms with E-state index in [2.05, 4.69) is 0 Å². The van der Waals surface area contributed by atoms with Crippen LogP contribution in [0.1, 0.15) is 18.5 Å². The van der Waals surface area contributed by atoms with Crippen molar-refractivity contribution < 1.29 is 4.92 Å². The van der Waals surface area contributed by atoms with E-state index in [0.717, 1.165) is 0 Å². The van der Waals surface area contributed by atoms with Crippen LogP contribution in [0, 0.1) is 10.1 Å². The molecule has 0 bridgehead atoms. The summed E-state index contributed by atoms with van der Waals surface area (Å²) in [5.74, 6) is 0. The minimum Gasteiger partial charge on any atom is -0.324 e. The fourth-order valence-electron chi connectivity index (χ4n) is 1.06. The SMILES string of the molecule is C[C@H](N)c1cc(Cl)ccc1[N+](=O)[O-].Cl. The molecule has 0 saturated carbocycles. The van der Waals surface area contributed by atoms with Crippen LogP contribution in [0.25, 0.3) is 0 Å². The molecular formula is C8H10Cl2N2O2. The zero-order valence-corrected chi connectivity index (χ0v) is 9.01. The predicted octanol–water partition coefficient (Wildman–Crippen LogP) is 2.69. The Morgan fingerprint density at radius 1 is 1.57 bits per heavy atom. The second kappa shape index (κ2) is 5.14. The summed E-state index contributed by atoms with van der Waals surface area (Å²) in [6.45, 7) is 1.68. The maximum absolute atomic E-state index is 10.5. The van der Waals surface area contributed by atoms with Gasteiger partial charge < -0.3 is 5.73 Å². The summed E-state index contributed by atoms with van der Waals surface area (Å²) in [6, 6.07) is 3.97. The van der Waals surface area contributed by atoms with Gasteiger partial charge in [0.2, 0.25) is 0 Å². The van der Waals surface area contributed by atoms with Gasteiger partial charge in [0.1, 0.15) is 0 Å². The van der Waals surface area contributed by atoms with Gasteiger partial charge in [-0.25, -0.2) is 0 Å². The van der Waals surface area contributed by atoms with Crippen molar-refractivity contribution in [3.63, 3.8) is 0 Å². The Bertz CT molecular complexity index is 342. The monoisotopic (exact) mass is 236 g/mol. The first kappa shape index (κ1) is 13.2. The third kappa shape index (κ3) is 2.83. The van der Waals surface area contributed by atoms with Gasteiger partial charge in [0.25, 0.3) is 5.69 Å². The third-order valence-corrected chi connectivity index (χ3v) is 1.91. The van der Waals surface area contributed by atoms with Gasteiger partial charge in [-0.3, -0.25) is 10.1 Å². The van der Waals surface area contributed by atoms with Gasteiger partial charge in [0, 0.05) is 22.7 Å². The first-order valence-electron chi connectivity index (χ1n) is 3.72. The van der Waals surface area contributed by atoms with Gasteiger partial charge in [0.15, 0.2) is 0 Å². The fourth-order valence-corrected chi connectivity index (χ4v) is 1.24. The lowest BCUT2D eigenvalue weighted by Crippen LogP contribution is -2.07. The summed E-state index contributed by atoms with van der Waals surface area (Å²) in [7, 11) is 0. The number of hydrogen-bond donors (Lipinski definition) is 1. The number of hydrogen-bond acceptors (Lipinski definition) is 3. The molecule has 0 aliphatic rings. The van der Waals surface area contributed by atoms with Crippen LogP contribution in [0.4, 0.5) is 5.69 Å². The quantitative estimate of drug-likeness (QED) is 0.634. The minimum atomic E-state index is -0.463. The van der Waals surface area contributed by atoms with Gasteiger partial charge in [-0.2, -0.15) is 0 Å². The largest absolute Gasteiger partial charge is 0.324 e. The van der Waals surface area contributed by atoms with Gasteiger partial charge in [-0.05, 0) is 19.1 Å². The van der Waals surface area contributed by atoms with Crippen molar-refractivity contribution in [2.24, 2.45) is 5.73 Å². The number of nitrogens with zero attached hydrogens (tertiary/aromatic N) is 1. The van der Waals surface area contributed by atoms with E-state index in [-0.39, 0.29) is 24.1 Å². The summed E-state index contributed by atoms with van der Waals surface area (Å²) in [4.78, 5) is 10.1. The molecule has 14 heavy (non-hydrogen) atoms. The van der Waals surface area contributed by atoms with E-state index in [0.29, 0.717) is 10.6 Å². The van der Waals surface area contributed by atoms with E-state index in [1.807, 2.05) is 0 Å². The predicted molar refractivity (Wildman–Crippen MR) is 58.0 cm³/mol. The topological polar surface area (TPSA) is 69.2 Å². The number of benzene rings is 1. The standard InChI is InChI=1S/C8H9ClN2O2.ClH/c1-5(10)7-4-6(9)2-3-8(7)11(12)13;/h2-5H,10H2,1H3;1H/t5-;/m0./s1. The van der Waals surface area contributed by atoms with Crippen molar-refractivity contribution in [3.05, 3.63) is 38.9 Å². The van der Waals surface area contributed by atoms with Crippen molar-refractivity contribution in [2.45, 2.75) is 13.0 Å². The first-order valence-corrected chi connectivity index (χ1v) is 4.09. The van der Waals surface area contributed by atoms with Crippen LogP contribution < -0.4 is 5.73 Å². The van der Waals surface area contributed by atoms with Gasteiger partial charge in [-0.15, -0.1) is 12.4 Å². The zero-order chi connectivity index (χ0) is 10.0. The van der Waals surface area contributed by atoms with Crippen molar-refractivity contribution in [2.75, 3.05) is 0 Å². The molecule has 6 heteroatoms. The number of halogens is 2. The molecule has 2 N–H and O–H groups in total. The summed E-state index contributed by atoms with van der Waals surface area (Å²) in [5.41, 5.74) is 6.03. The molecule has 0 aromatic heterocycles. The van der Waals surface area contributed by atoms with Crippen LogP contribution in [-0.2, 0) is 0 Å². The second-order valence-electron chi connectivity index (χ2n) is 2.75. The molecule has 0 spiro atoms. The summed E-state index contributed by atoms with van der Waals surface area (Å²) in [5, 5.41) is 11.0. The Balaban J connectivity index is 0.00000169. The van der Waals surface area contributed by atoms with E-state index < -0.39 is 4.92 Å². The summed E-state index contributed by atoms with van der Waals surface area (Å²) in [6.07, 6.45) is 0. The number of nitro benzene ring substituents is 1. The van der Waals surface area contributed by atoms with Crippen LogP contribution in [0.15, 0.2) is 18.2 Å². The molecule has 1 aromatic carbocycles. The third-order valence-electron chi connectivity index (χ3n) is 1.68. The van der Waals surface area contributed by atoms with Crippen LogP contribution in [0.3, 0.4) is 0 Å². The average molecular weight is 237 g/mol. The highest BCUT2D eigenvalue weighted by atomic mass is 35.5. The van der Waals surface area contributed by atoms with Crippen LogP contribution in [-0.4, -0.2) is 4.92 Å². The van der Waals surface area contributed by atoms with Crippen LogP contribution in [0.5, 0.6) is 0 Å². The average Bonchev–Trinajstić information content (AvgIpc) is 2.03. The summed E-state index contributed by atoms with van der Waals surface area (Å²) >= 11 is 5.69. The maximum atomic E-state index is 10.5. The lowest BCUT2D eigenvalue weighted by molar-refractivity contribution is -0.385. The lowest BCUT2D eigenvalue weighted by Gasteiger charge is -2.06. The highest BCUT2D eigenvalue weighted by Crippen LogP contribution is 2.26. The number of rotatable bonds is 2. The Morgan fingerprint density at radius 2 is 2.14 bits per heavy atom. The zero-order valence-electron chi connectivity index (χ0n) is 7.44. The molecule has 78 valence electrons. The molecular weight excluding hydrogens is 227 g/mol. The van der Waals surface area contributed by atoms with E-state index in [1.165, 1.54) is 18.2 Å². The van der Waals surface area contributed by atoms with Crippen molar-refractivity contribution in [1.82, 2.24) is 0 Å². The highest BCUT2D eigenvalue weighted by Gasteiger charge is 2.16. The normalized spacial score (nSPS) is 11.6. The van der Waals surface area contributed by atoms with E-state index >= 15 is 0 Å². The molecule has 1 rings (SSSR count). The molecule has 1 atom stereocenters. The Hall–Kier alpha value is -0.840. The Morgan fingerprint density at radius 3 is 2.57 bits per heavy atom. The first-order chi connectivity index (χ1) is 6.02. The molecule has 1 aromatic rings. The van der Waals surface area contributed by atoms with E-state index in [4.69, 9.17) is 17.3 Å². The second-order valence-corrected chi connectivity index (χ2v) is 3.19. The fraction of sp³-hybridized carbons (Fsp3) is 0.250. The molecule has 0 radical (unpaired) electrons.